The molecule has 2 heterocycles. The third-order valence-corrected chi connectivity index (χ3v) is 5.48. The predicted octanol–water partition coefficient (Wildman–Crippen LogP) is 4.18. The molecule has 0 bridgehead atoms. The summed E-state index contributed by atoms with van der Waals surface area (Å²) in [6, 6.07) is 12.1. The van der Waals surface area contributed by atoms with Gasteiger partial charge in [-0.15, -0.1) is 16.4 Å². The first kappa shape index (κ1) is 19.3. The third-order valence-electron chi connectivity index (χ3n) is 4.05. The Labute approximate surface area is 177 Å². The molecule has 0 saturated carbocycles. The molecule has 0 unspecified atom stereocenters. The van der Waals surface area contributed by atoms with Crippen molar-refractivity contribution in [3.8, 4) is 16.3 Å². The van der Waals surface area contributed by atoms with Crippen molar-refractivity contribution in [1.29, 1.82) is 0 Å². The summed E-state index contributed by atoms with van der Waals surface area (Å²) in [6.45, 7) is 1.66. The molecule has 0 saturated heterocycles. The van der Waals surface area contributed by atoms with Gasteiger partial charge in [0, 0.05) is 21.1 Å². The lowest BCUT2D eigenvalue weighted by Crippen LogP contribution is -2.15. The normalized spacial score (nSPS) is 10.9. The molecule has 0 fully saturated rings. The van der Waals surface area contributed by atoms with Crippen LogP contribution in [0.15, 0.2) is 52.3 Å². The number of carbonyl (C=O) groups excluding carboxylic acids is 1. The summed E-state index contributed by atoms with van der Waals surface area (Å²) >= 11 is 4.92. The molecule has 4 aromatic rings. The molecule has 0 aliphatic heterocycles. The van der Waals surface area contributed by atoms with Gasteiger partial charge in [0.15, 0.2) is 5.82 Å². The van der Waals surface area contributed by atoms with Crippen LogP contribution in [0.2, 0.25) is 0 Å². The summed E-state index contributed by atoms with van der Waals surface area (Å²) in [4.78, 5) is 17.0. The molecule has 4 rings (SSSR count). The molecule has 0 aliphatic carbocycles. The van der Waals surface area contributed by atoms with Crippen LogP contribution in [0.1, 0.15) is 11.5 Å². The first-order valence-electron chi connectivity index (χ1n) is 8.55. The highest BCUT2D eigenvalue weighted by Crippen LogP contribution is 2.26. The summed E-state index contributed by atoms with van der Waals surface area (Å²) < 4.78 is 16.4. The molecule has 146 valence electrons. The Hall–Kier alpha value is -2.98. The van der Waals surface area contributed by atoms with Gasteiger partial charge in [0.2, 0.25) is 5.91 Å². The van der Waals surface area contributed by atoms with Crippen LogP contribution < -0.4 is 5.32 Å². The first-order valence-corrected chi connectivity index (χ1v) is 10.2. The Bertz CT molecular complexity index is 1190. The summed E-state index contributed by atoms with van der Waals surface area (Å²) in [7, 11) is 0. The fraction of sp³-hybridized carbons (Fsp3) is 0.105. The maximum Gasteiger partial charge on any atom is 0.230 e. The minimum atomic E-state index is -0.489. The monoisotopic (exact) mass is 472 g/mol. The van der Waals surface area contributed by atoms with Crippen molar-refractivity contribution in [3.05, 3.63) is 69.7 Å². The number of rotatable bonds is 5. The highest BCUT2D eigenvalue weighted by molar-refractivity contribution is 9.10. The zero-order valence-corrected chi connectivity index (χ0v) is 17.5. The number of hydrogen-bond donors (Lipinski definition) is 1. The van der Waals surface area contributed by atoms with Crippen molar-refractivity contribution in [2.45, 2.75) is 13.3 Å². The number of anilines is 1. The summed E-state index contributed by atoms with van der Waals surface area (Å²) in [6.07, 6.45) is 0.112. The van der Waals surface area contributed by atoms with E-state index in [0.717, 1.165) is 15.0 Å². The van der Waals surface area contributed by atoms with Crippen LogP contribution in [-0.2, 0) is 11.2 Å². The predicted molar refractivity (Wildman–Crippen MR) is 111 cm³/mol. The van der Waals surface area contributed by atoms with Crippen LogP contribution in [0.3, 0.4) is 0 Å². The van der Waals surface area contributed by atoms with Gasteiger partial charge in [0.25, 0.3) is 0 Å². The van der Waals surface area contributed by atoms with Gasteiger partial charge in [-0.05, 0) is 47.7 Å². The van der Waals surface area contributed by atoms with Crippen molar-refractivity contribution in [1.82, 2.24) is 25.2 Å². The smallest absolute Gasteiger partial charge is 0.230 e. The number of thiazole rings is 1. The van der Waals surface area contributed by atoms with Crippen molar-refractivity contribution < 1.29 is 9.18 Å². The van der Waals surface area contributed by atoms with E-state index in [1.807, 2.05) is 29.6 Å². The van der Waals surface area contributed by atoms with Gasteiger partial charge in [0.05, 0.1) is 12.1 Å². The van der Waals surface area contributed by atoms with Crippen molar-refractivity contribution >= 4 is 38.9 Å². The van der Waals surface area contributed by atoms with Crippen molar-refractivity contribution in [2.75, 3.05) is 5.32 Å². The number of carbonyl (C=O) groups is 1. The van der Waals surface area contributed by atoms with Crippen molar-refractivity contribution in [3.63, 3.8) is 0 Å². The number of halogens is 2. The average molecular weight is 473 g/mol. The molecule has 2 aromatic heterocycles. The third kappa shape index (κ3) is 4.38. The molecule has 0 spiro atoms. The number of hydrogen-bond acceptors (Lipinski definition) is 6. The molecule has 1 amide bonds. The second-order valence-corrected chi connectivity index (χ2v) is 7.96. The zero-order chi connectivity index (χ0) is 20.4. The van der Waals surface area contributed by atoms with Gasteiger partial charge in [0.1, 0.15) is 16.5 Å². The molecule has 10 heteroatoms. The number of amides is 1. The maximum absolute atomic E-state index is 14.1. The number of tetrazole rings is 1. The van der Waals surface area contributed by atoms with Crippen LogP contribution in [-0.4, -0.2) is 31.1 Å². The van der Waals surface area contributed by atoms with E-state index in [0.29, 0.717) is 17.2 Å². The molecule has 2 aromatic carbocycles. The molecule has 0 radical (unpaired) electrons. The van der Waals surface area contributed by atoms with Crippen LogP contribution >= 0.6 is 27.3 Å². The molecule has 7 nitrogen and oxygen atoms in total. The fourth-order valence-corrected chi connectivity index (χ4v) is 3.93. The van der Waals surface area contributed by atoms with E-state index in [2.05, 4.69) is 41.8 Å². The van der Waals surface area contributed by atoms with Gasteiger partial charge in [-0.3, -0.25) is 4.79 Å². The van der Waals surface area contributed by atoms with Gasteiger partial charge in [-0.1, -0.05) is 28.1 Å². The van der Waals surface area contributed by atoms with E-state index >= 15 is 0 Å². The van der Waals surface area contributed by atoms with Crippen LogP contribution in [0.5, 0.6) is 0 Å². The van der Waals surface area contributed by atoms with Crippen LogP contribution in [0, 0.1) is 12.7 Å². The van der Waals surface area contributed by atoms with Gasteiger partial charge in [-0.25, -0.2) is 9.37 Å². The van der Waals surface area contributed by atoms with Crippen molar-refractivity contribution in [2.24, 2.45) is 0 Å². The lowest BCUT2D eigenvalue weighted by atomic mass is 10.2. The van der Waals surface area contributed by atoms with Crippen LogP contribution in [0.4, 0.5) is 10.1 Å². The lowest BCUT2D eigenvalue weighted by Gasteiger charge is -2.08. The number of aryl methyl sites for hydroxylation is 1. The molecular formula is C19H14BrFN6OS. The summed E-state index contributed by atoms with van der Waals surface area (Å²) in [5.41, 5.74) is 2.26. The molecule has 0 aliphatic rings. The highest BCUT2D eigenvalue weighted by atomic mass is 79.9. The Morgan fingerprint density at radius 1 is 1.28 bits per heavy atom. The Morgan fingerprint density at radius 3 is 2.90 bits per heavy atom. The second kappa shape index (κ2) is 8.18. The standard InChI is InChI=1S/C19H14BrFN6OS/c1-11-24-25-26-27(11)17-8-14(5-6-16(17)21)22-18(28)9-15-10-29-19(23-15)12-3-2-4-13(20)7-12/h2-8,10H,9H2,1H3,(H,22,28). The van der Waals surface area contributed by atoms with E-state index < -0.39 is 5.82 Å². The Balaban J connectivity index is 1.47. The Kier molecular flexibility index (Phi) is 5.45. The summed E-state index contributed by atoms with van der Waals surface area (Å²) in [5.74, 6) is -0.298. The quantitative estimate of drug-likeness (QED) is 0.470. The number of aromatic nitrogens is 5. The number of benzene rings is 2. The topological polar surface area (TPSA) is 85.6 Å². The number of nitrogens with one attached hydrogen (secondary N) is 1. The number of nitrogens with zero attached hydrogens (tertiary/aromatic N) is 5. The van der Waals surface area contributed by atoms with Gasteiger partial charge in [-0.2, -0.15) is 4.68 Å². The molecular weight excluding hydrogens is 459 g/mol. The van der Waals surface area contributed by atoms with Crippen LogP contribution in [0.25, 0.3) is 16.3 Å². The summed E-state index contributed by atoms with van der Waals surface area (Å²) in [5, 5.41) is 16.5. The highest BCUT2D eigenvalue weighted by Gasteiger charge is 2.13. The molecule has 1 N–H and O–H groups in total. The van der Waals surface area contributed by atoms with E-state index in [-0.39, 0.29) is 18.0 Å². The largest absolute Gasteiger partial charge is 0.326 e. The van der Waals surface area contributed by atoms with E-state index in [4.69, 9.17) is 0 Å². The van der Waals surface area contributed by atoms with E-state index in [1.165, 1.54) is 34.2 Å². The zero-order valence-electron chi connectivity index (χ0n) is 15.1. The maximum atomic E-state index is 14.1. The lowest BCUT2D eigenvalue weighted by molar-refractivity contribution is -0.115. The first-order chi connectivity index (χ1) is 14.0. The van der Waals surface area contributed by atoms with Gasteiger partial charge >= 0.3 is 0 Å². The van der Waals surface area contributed by atoms with Gasteiger partial charge < -0.3 is 5.32 Å². The Morgan fingerprint density at radius 2 is 2.14 bits per heavy atom. The minimum Gasteiger partial charge on any atom is -0.326 e. The second-order valence-electron chi connectivity index (χ2n) is 6.18. The molecule has 29 heavy (non-hydrogen) atoms. The average Bonchev–Trinajstić information content (AvgIpc) is 3.32. The molecule has 0 atom stereocenters. The van der Waals surface area contributed by atoms with E-state index in [9.17, 15) is 9.18 Å². The minimum absolute atomic E-state index is 0.112. The SMILES string of the molecule is Cc1nnnn1-c1cc(NC(=O)Cc2csc(-c3cccc(Br)c3)n2)ccc1F. The van der Waals surface area contributed by atoms with E-state index in [1.54, 1.807) is 6.92 Å². The fourth-order valence-electron chi connectivity index (χ4n) is 2.72.